The molecule has 0 fully saturated rings. The van der Waals surface area contributed by atoms with E-state index < -0.39 is 10.0 Å². The van der Waals surface area contributed by atoms with E-state index in [0.29, 0.717) is 18.8 Å². The van der Waals surface area contributed by atoms with Gasteiger partial charge in [0.1, 0.15) is 5.69 Å². The number of hydrogen-bond donors (Lipinski definition) is 3. The van der Waals surface area contributed by atoms with E-state index in [1.54, 1.807) is 24.3 Å². The molecule has 6 nitrogen and oxygen atoms in total. The third-order valence-electron chi connectivity index (χ3n) is 2.11. The Hall–Kier alpha value is -1.15. The van der Waals surface area contributed by atoms with Crippen LogP contribution in [-0.2, 0) is 10.0 Å². The van der Waals surface area contributed by atoms with E-state index in [4.69, 9.17) is 0 Å². The lowest BCUT2D eigenvalue weighted by molar-refractivity contribution is -0.751. The van der Waals surface area contributed by atoms with Gasteiger partial charge in [-0.3, -0.25) is 0 Å². The summed E-state index contributed by atoms with van der Waals surface area (Å²) in [5.41, 5.74) is 1.51. The molecule has 1 atom stereocenters. The molecular formula is C10H17N3O3S. The summed E-state index contributed by atoms with van der Waals surface area (Å²) in [4.78, 5) is 0. The molecule has 0 amide bonds. The van der Waals surface area contributed by atoms with Gasteiger partial charge in [0.15, 0.2) is 0 Å². The van der Waals surface area contributed by atoms with E-state index in [1.165, 1.54) is 7.05 Å². The van der Waals surface area contributed by atoms with Crippen molar-refractivity contribution in [2.24, 2.45) is 0 Å². The molecule has 0 bridgehead atoms. The third-order valence-corrected chi connectivity index (χ3v) is 2.84. The predicted octanol–water partition coefficient (Wildman–Crippen LogP) is -0.708. The predicted molar refractivity (Wildman–Crippen MR) is 67.7 cm³/mol. The van der Waals surface area contributed by atoms with Crippen LogP contribution in [0.4, 0.5) is 11.4 Å². The molecule has 0 saturated heterocycles. The van der Waals surface area contributed by atoms with Crippen molar-refractivity contribution >= 4 is 21.4 Å². The van der Waals surface area contributed by atoms with Crippen LogP contribution in [-0.4, -0.2) is 34.8 Å². The molecule has 1 rings (SSSR count). The Labute approximate surface area is 101 Å². The van der Waals surface area contributed by atoms with E-state index in [2.05, 4.69) is 10.0 Å². The van der Waals surface area contributed by atoms with Crippen molar-refractivity contribution in [1.82, 2.24) is 4.72 Å². The largest absolute Gasteiger partial charge is 0.629 e. The maximum Gasteiger partial charge on any atom is 0.208 e. The van der Waals surface area contributed by atoms with Crippen LogP contribution in [0.15, 0.2) is 24.3 Å². The zero-order chi connectivity index (χ0) is 12.9. The summed E-state index contributed by atoms with van der Waals surface area (Å²) in [5, 5.41) is 14.1. The number of quaternary nitrogens is 1. The van der Waals surface area contributed by atoms with Gasteiger partial charge in [0.2, 0.25) is 10.0 Å². The lowest BCUT2D eigenvalue weighted by Gasteiger charge is -2.15. The summed E-state index contributed by atoms with van der Waals surface area (Å²) in [5.74, 6) is 0. The Bertz CT molecular complexity index is 442. The number of sulfonamides is 1. The maximum atomic E-state index is 11.0. The fraction of sp³-hybridized carbons (Fsp3) is 0.400. The maximum absolute atomic E-state index is 11.0. The van der Waals surface area contributed by atoms with Crippen LogP contribution in [0.1, 0.15) is 0 Å². The van der Waals surface area contributed by atoms with Crippen LogP contribution in [0.3, 0.4) is 0 Å². The second-order valence-corrected chi connectivity index (χ2v) is 5.56. The fourth-order valence-corrected chi connectivity index (χ4v) is 1.74. The first-order valence-electron chi connectivity index (χ1n) is 5.18. The number of anilines is 1. The van der Waals surface area contributed by atoms with Crippen molar-refractivity contribution in [3.63, 3.8) is 0 Å². The van der Waals surface area contributed by atoms with E-state index in [1.807, 2.05) is 0 Å². The molecule has 3 N–H and O–H groups in total. The van der Waals surface area contributed by atoms with Crippen LogP contribution in [0.2, 0.25) is 0 Å². The summed E-state index contributed by atoms with van der Waals surface area (Å²) in [6.07, 6.45) is 1.12. The third kappa shape index (κ3) is 5.64. The second-order valence-electron chi connectivity index (χ2n) is 3.73. The average Bonchev–Trinajstić information content (AvgIpc) is 2.24. The highest BCUT2D eigenvalue weighted by Gasteiger charge is 2.00. The molecule has 96 valence electrons. The van der Waals surface area contributed by atoms with Crippen molar-refractivity contribution < 1.29 is 13.5 Å². The number of nitrogens with one attached hydrogen (secondary N) is 3. The molecule has 7 heteroatoms. The molecule has 0 aliphatic rings. The number of hydroxylamine groups is 1. The minimum Gasteiger partial charge on any atom is -0.629 e. The van der Waals surface area contributed by atoms with Gasteiger partial charge in [-0.1, -0.05) is 0 Å². The SMILES string of the molecule is C[NH+]([O-])c1ccc(NCCNS(C)(=O)=O)cc1. The fourth-order valence-electron chi connectivity index (χ4n) is 1.27. The van der Waals surface area contributed by atoms with Gasteiger partial charge in [-0.05, 0) is 12.1 Å². The van der Waals surface area contributed by atoms with Crippen molar-refractivity contribution in [3.8, 4) is 0 Å². The first kappa shape index (κ1) is 13.9. The zero-order valence-electron chi connectivity index (χ0n) is 9.86. The summed E-state index contributed by atoms with van der Waals surface area (Å²) >= 11 is 0. The topological polar surface area (TPSA) is 85.7 Å². The molecule has 1 unspecified atom stereocenters. The number of hydrogen-bond acceptors (Lipinski definition) is 4. The van der Waals surface area contributed by atoms with Crippen LogP contribution in [0.25, 0.3) is 0 Å². The van der Waals surface area contributed by atoms with Crippen molar-refractivity contribution in [1.29, 1.82) is 0 Å². The molecule has 1 aromatic carbocycles. The molecule has 17 heavy (non-hydrogen) atoms. The molecule has 1 aromatic rings. The molecule has 0 aliphatic carbocycles. The smallest absolute Gasteiger partial charge is 0.208 e. The van der Waals surface area contributed by atoms with E-state index in [-0.39, 0.29) is 5.06 Å². The van der Waals surface area contributed by atoms with Crippen LogP contribution in [0.5, 0.6) is 0 Å². The summed E-state index contributed by atoms with van der Waals surface area (Å²) < 4.78 is 23.9. The van der Waals surface area contributed by atoms with Crippen LogP contribution >= 0.6 is 0 Å². The zero-order valence-corrected chi connectivity index (χ0v) is 10.7. The highest BCUT2D eigenvalue weighted by molar-refractivity contribution is 7.88. The van der Waals surface area contributed by atoms with Crippen molar-refractivity contribution in [3.05, 3.63) is 29.5 Å². The molecule has 0 spiro atoms. The van der Waals surface area contributed by atoms with Crippen molar-refractivity contribution in [2.45, 2.75) is 0 Å². The Kier molecular flexibility index (Phi) is 4.88. The van der Waals surface area contributed by atoms with Gasteiger partial charge >= 0.3 is 0 Å². The molecular weight excluding hydrogens is 242 g/mol. The van der Waals surface area contributed by atoms with Gasteiger partial charge < -0.3 is 15.6 Å². The minimum absolute atomic E-state index is 0.0234. The Morgan fingerprint density at radius 2 is 1.82 bits per heavy atom. The molecule has 0 saturated carbocycles. The average molecular weight is 259 g/mol. The van der Waals surface area contributed by atoms with Crippen LogP contribution < -0.4 is 15.1 Å². The number of benzene rings is 1. The Balaban J connectivity index is 2.37. The van der Waals surface area contributed by atoms with Gasteiger partial charge in [0.05, 0.1) is 13.3 Å². The highest BCUT2D eigenvalue weighted by Crippen LogP contribution is 2.09. The highest BCUT2D eigenvalue weighted by atomic mass is 32.2. The van der Waals surface area contributed by atoms with Crippen molar-refractivity contribution in [2.75, 3.05) is 31.7 Å². The van der Waals surface area contributed by atoms with Gasteiger partial charge in [0.25, 0.3) is 0 Å². The van der Waals surface area contributed by atoms with E-state index in [9.17, 15) is 13.6 Å². The summed E-state index contributed by atoms with van der Waals surface area (Å²) in [6, 6.07) is 7.04. The molecule has 0 aromatic heterocycles. The van der Waals surface area contributed by atoms with E-state index >= 15 is 0 Å². The Morgan fingerprint density at radius 1 is 1.24 bits per heavy atom. The quantitative estimate of drug-likeness (QED) is 0.465. The lowest BCUT2D eigenvalue weighted by atomic mass is 10.3. The first-order chi connectivity index (χ1) is 7.88. The van der Waals surface area contributed by atoms with Gasteiger partial charge in [-0.15, -0.1) is 0 Å². The number of rotatable bonds is 6. The Morgan fingerprint density at radius 3 is 2.29 bits per heavy atom. The van der Waals surface area contributed by atoms with E-state index in [0.717, 1.165) is 11.9 Å². The van der Waals surface area contributed by atoms with Crippen LogP contribution in [0, 0.1) is 5.21 Å². The second kappa shape index (κ2) is 5.97. The first-order valence-corrected chi connectivity index (χ1v) is 7.07. The van der Waals surface area contributed by atoms with Gasteiger partial charge in [0, 0.05) is 30.9 Å². The minimum atomic E-state index is -3.13. The summed E-state index contributed by atoms with van der Waals surface area (Å²) in [6.45, 7) is 0.819. The molecule has 0 radical (unpaired) electrons. The summed E-state index contributed by atoms with van der Waals surface area (Å²) in [7, 11) is -1.62. The van der Waals surface area contributed by atoms with Gasteiger partial charge in [-0.2, -0.15) is 0 Å². The molecule has 0 aliphatic heterocycles. The lowest BCUT2D eigenvalue weighted by Crippen LogP contribution is -2.98. The monoisotopic (exact) mass is 259 g/mol. The normalized spacial score (nSPS) is 13.4. The standard InChI is InChI=1S/C10H17N3O3S/c1-13(14)10-5-3-9(4-6-10)11-7-8-12-17(2,15)16/h3-6,11-13H,7-8H2,1-2H3. The molecule has 0 heterocycles. The van der Waals surface area contributed by atoms with Gasteiger partial charge in [-0.25, -0.2) is 13.1 Å².